The zero-order valence-corrected chi connectivity index (χ0v) is 17.5. The van der Waals surface area contributed by atoms with Gasteiger partial charge in [0, 0.05) is 18.8 Å². The van der Waals surface area contributed by atoms with Crippen LogP contribution in [0.5, 0.6) is 5.75 Å². The van der Waals surface area contributed by atoms with Crippen molar-refractivity contribution < 1.29 is 4.74 Å². The molecule has 0 radical (unpaired) electrons. The van der Waals surface area contributed by atoms with Gasteiger partial charge in [-0.25, -0.2) is 0 Å². The summed E-state index contributed by atoms with van der Waals surface area (Å²) < 4.78 is 5.84. The molecule has 1 aliphatic rings. The number of nitrogens with one attached hydrogen (secondary N) is 2. The van der Waals surface area contributed by atoms with E-state index in [-0.39, 0.29) is 30.1 Å². The number of nitrogens with zero attached hydrogens (tertiary/aromatic N) is 1. The maximum absolute atomic E-state index is 6.10. The van der Waals surface area contributed by atoms with Gasteiger partial charge in [0.25, 0.3) is 0 Å². The first-order chi connectivity index (χ1) is 10.7. The highest BCUT2D eigenvalue weighted by Crippen LogP contribution is 2.25. The number of halogens is 2. The molecule has 1 heterocycles. The van der Waals surface area contributed by atoms with Gasteiger partial charge in [-0.1, -0.05) is 23.7 Å². The lowest BCUT2D eigenvalue weighted by Crippen LogP contribution is -2.43. The van der Waals surface area contributed by atoms with Crippen LogP contribution in [-0.2, 0) is 0 Å². The van der Waals surface area contributed by atoms with Crippen molar-refractivity contribution >= 4 is 53.3 Å². The van der Waals surface area contributed by atoms with Gasteiger partial charge in [0.05, 0.1) is 11.6 Å². The minimum Gasteiger partial charge on any atom is -0.487 e. The Labute approximate surface area is 165 Å². The summed E-state index contributed by atoms with van der Waals surface area (Å²) in [5.41, 5.74) is 0. The Morgan fingerprint density at radius 3 is 2.87 bits per heavy atom. The van der Waals surface area contributed by atoms with Gasteiger partial charge in [0.15, 0.2) is 5.96 Å². The van der Waals surface area contributed by atoms with Crippen LogP contribution in [0.2, 0.25) is 5.02 Å². The van der Waals surface area contributed by atoms with Crippen molar-refractivity contribution in [2.75, 3.05) is 25.9 Å². The number of aliphatic imine (C=N–C) groups is 1. The highest BCUT2D eigenvalue weighted by Gasteiger charge is 2.15. The molecule has 23 heavy (non-hydrogen) atoms. The first kappa shape index (κ1) is 20.7. The quantitative estimate of drug-likeness (QED) is 0.378. The first-order valence-electron chi connectivity index (χ1n) is 7.66. The third kappa shape index (κ3) is 7.39. The molecule has 1 saturated heterocycles. The number of hydrogen-bond acceptors (Lipinski definition) is 3. The number of thioether (sulfide) groups is 1. The monoisotopic (exact) mass is 469 g/mol. The molecule has 1 aromatic carbocycles. The fourth-order valence-electron chi connectivity index (χ4n) is 2.28. The van der Waals surface area contributed by atoms with E-state index in [0.29, 0.717) is 22.6 Å². The van der Waals surface area contributed by atoms with Crippen molar-refractivity contribution in [1.82, 2.24) is 10.6 Å². The molecule has 4 nitrogen and oxygen atoms in total. The maximum Gasteiger partial charge on any atom is 0.191 e. The van der Waals surface area contributed by atoms with Gasteiger partial charge < -0.3 is 15.4 Å². The van der Waals surface area contributed by atoms with Crippen molar-refractivity contribution in [2.24, 2.45) is 4.99 Å². The Morgan fingerprint density at radius 2 is 2.22 bits per heavy atom. The van der Waals surface area contributed by atoms with Gasteiger partial charge >= 0.3 is 0 Å². The molecule has 0 saturated carbocycles. The van der Waals surface area contributed by atoms with Crippen molar-refractivity contribution in [2.45, 2.75) is 31.1 Å². The van der Waals surface area contributed by atoms with Crippen molar-refractivity contribution in [1.29, 1.82) is 0 Å². The molecule has 0 aliphatic carbocycles. The highest BCUT2D eigenvalue weighted by molar-refractivity contribution is 14.0. The molecule has 130 valence electrons. The second kappa shape index (κ2) is 11.3. The predicted molar refractivity (Wildman–Crippen MR) is 112 cm³/mol. The van der Waals surface area contributed by atoms with Gasteiger partial charge in [-0.15, -0.1) is 24.0 Å². The van der Waals surface area contributed by atoms with E-state index in [0.717, 1.165) is 12.5 Å². The third-order valence-corrected chi connectivity index (χ3v) is 5.18. The van der Waals surface area contributed by atoms with Crippen molar-refractivity contribution in [3.05, 3.63) is 29.3 Å². The predicted octanol–water partition coefficient (Wildman–Crippen LogP) is 3.79. The van der Waals surface area contributed by atoms with Crippen LogP contribution in [0.3, 0.4) is 0 Å². The van der Waals surface area contributed by atoms with Gasteiger partial charge in [-0.2, -0.15) is 11.8 Å². The van der Waals surface area contributed by atoms with Gasteiger partial charge in [-0.3, -0.25) is 4.99 Å². The standard InChI is InChI=1S/C16H24ClN3OS.HI/c1-12(21-15-8-4-3-7-14(15)17)10-19-16(18-2)20-11-13-6-5-9-22-13;/h3-4,7-8,12-13H,5-6,9-11H2,1-2H3,(H2,18,19,20);1H. The largest absolute Gasteiger partial charge is 0.487 e. The van der Waals surface area contributed by atoms with E-state index >= 15 is 0 Å². The van der Waals surface area contributed by atoms with Crippen LogP contribution in [0.4, 0.5) is 0 Å². The van der Waals surface area contributed by atoms with E-state index in [1.807, 2.05) is 43.0 Å². The average molecular weight is 470 g/mol. The zero-order valence-electron chi connectivity index (χ0n) is 13.5. The summed E-state index contributed by atoms with van der Waals surface area (Å²) in [7, 11) is 1.79. The molecule has 0 amide bonds. The van der Waals surface area contributed by atoms with Crippen LogP contribution in [0.15, 0.2) is 29.3 Å². The second-order valence-electron chi connectivity index (χ2n) is 5.33. The molecule has 2 unspecified atom stereocenters. The molecule has 1 fully saturated rings. The molecule has 1 aromatic rings. The number of guanidine groups is 1. The lowest BCUT2D eigenvalue weighted by molar-refractivity contribution is 0.224. The van der Waals surface area contributed by atoms with Gasteiger partial charge in [0.2, 0.25) is 0 Å². The van der Waals surface area contributed by atoms with Crippen LogP contribution in [0, 0.1) is 0 Å². The molecule has 0 bridgehead atoms. The van der Waals surface area contributed by atoms with E-state index in [4.69, 9.17) is 16.3 Å². The minimum absolute atomic E-state index is 0. The first-order valence-corrected chi connectivity index (χ1v) is 9.09. The SMILES string of the molecule is CN=C(NCC(C)Oc1ccccc1Cl)NCC1CCCS1.I. The fourth-order valence-corrected chi connectivity index (χ4v) is 3.66. The topological polar surface area (TPSA) is 45.7 Å². The van der Waals surface area contributed by atoms with E-state index in [9.17, 15) is 0 Å². The summed E-state index contributed by atoms with van der Waals surface area (Å²) in [5.74, 6) is 2.81. The van der Waals surface area contributed by atoms with E-state index in [1.165, 1.54) is 18.6 Å². The van der Waals surface area contributed by atoms with Crippen molar-refractivity contribution in [3.63, 3.8) is 0 Å². The van der Waals surface area contributed by atoms with Crippen molar-refractivity contribution in [3.8, 4) is 5.75 Å². The van der Waals surface area contributed by atoms with Crippen LogP contribution in [-0.4, -0.2) is 43.2 Å². The number of para-hydroxylation sites is 1. The maximum atomic E-state index is 6.10. The molecular formula is C16H25ClIN3OS. The summed E-state index contributed by atoms with van der Waals surface area (Å²) in [5, 5.41) is 8.01. The molecule has 7 heteroatoms. The Morgan fingerprint density at radius 1 is 1.43 bits per heavy atom. The summed E-state index contributed by atoms with van der Waals surface area (Å²) >= 11 is 8.13. The second-order valence-corrected chi connectivity index (χ2v) is 7.14. The number of rotatable bonds is 6. The van der Waals surface area contributed by atoms with Crippen LogP contribution in [0.25, 0.3) is 0 Å². The van der Waals surface area contributed by atoms with E-state index in [2.05, 4.69) is 15.6 Å². The third-order valence-electron chi connectivity index (χ3n) is 3.47. The van der Waals surface area contributed by atoms with E-state index < -0.39 is 0 Å². The Hall–Kier alpha value is -0.340. The summed E-state index contributed by atoms with van der Waals surface area (Å²) in [4.78, 5) is 4.25. The Bertz CT molecular complexity index is 498. The highest BCUT2D eigenvalue weighted by atomic mass is 127. The zero-order chi connectivity index (χ0) is 15.8. The normalized spacial score (nSPS) is 18.9. The summed E-state index contributed by atoms with van der Waals surface area (Å²) in [6.45, 7) is 3.64. The molecule has 1 aliphatic heterocycles. The van der Waals surface area contributed by atoms with Gasteiger partial charge in [-0.05, 0) is 37.7 Å². The molecular weight excluding hydrogens is 445 g/mol. The van der Waals surface area contributed by atoms with E-state index in [1.54, 1.807) is 7.05 Å². The lowest BCUT2D eigenvalue weighted by atomic mass is 10.2. The Balaban J connectivity index is 0.00000264. The van der Waals surface area contributed by atoms with Crippen LogP contribution >= 0.6 is 47.3 Å². The molecule has 0 aromatic heterocycles. The summed E-state index contributed by atoms with van der Waals surface area (Å²) in [6.07, 6.45) is 2.62. The van der Waals surface area contributed by atoms with Crippen LogP contribution in [0.1, 0.15) is 19.8 Å². The average Bonchev–Trinajstić information content (AvgIpc) is 3.03. The minimum atomic E-state index is -0.000643. The molecule has 2 rings (SSSR count). The molecule has 2 atom stereocenters. The number of ether oxygens (including phenoxy) is 1. The number of benzene rings is 1. The number of hydrogen-bond donors (Lipinski definition) is 2. The summed E-state index contributed by atoms with van der Waals surface area (Å²) in [6, 6.07) is 7.52. The van der Waals surface area contributed by atoms with Crippen LogP contribution < -0.4 is 15.4 Å². The molecule has 2 N–H and O–H groups in total. The molecule has 0 spiro atoms. The smallest absolute Gasteiger partial charge is 0.191 e. The lowest BCUT2D eigenvalue weighted by Gasteiger charge is -2.19. The Kier molecular flexibility index (Phi) is 10.1. The van der Waals surface area contributed by atoms with Gasteiger partial charge in [0.1, 0.15) is 11.9 Å². The fraction of sp³-hybridized carbons (Fsp3) is 0.562.